The Morgan fingerprint density at radius 3 is 2.61 bits per heavy atom. The first-order valence-corrected chi connectivity index (χ1v) is 6.57. The van der Waals surface area contributed by atoms with Crippen LogP contribution in [0.25, 0.3) is 0 Å². The molecule has 0 aliphatic carbocycles. The van der Waals surface area contributed by atoms with Gasteiger partial charge in [0.25, 0.3) is 0 Å². The lowest BCUT2D eigenvalue weighted by Crippen LogP contribution is -2.35. The molecule has 0 radical (unpaired) electrons. The fraction of sp³-hybridized carbons (Fsp3) is 0.571. The Morgan fingerprint density at radius 1 is 1.17 bits per heavy atom. The van der Waals surface area contributed by atoms with Crippen LogP contribution in [0.3, 0.4) is 0 Å². The van der Waals surface area contributed by atoms with Crippen LogP contribution in [0.1, 0.15) is 18.0 Å². The van der Waals surface area contributed by atoms with E-state index < -0.39 is 0 Å². The van der Waals surface area contributed by atoms with Crippen LogP contribution < -0.4 is 5.73 Å². The first kappa shape index (κ1) is 13.5. The van der Waals surface area contributed by atoms with Crippen molar-refractivity contribution in [3.63, 3.8) is 0 Å². The molecule has 0 bridgehead atoms. The standard InChI is InChI=1S/C14H22FN3/c1-17-7-2-8-18(10-9-17)11-14(16)12-3-5-13(15)6-4-12/h3-6,14H,2,7-11,16H2,1H3. The predicted octanol–water partition coefficient (Wildman–Crippen LogP) is 1.46. The molecule has 0 amide bonds. The second-order valence-corrected chi connectivity index (χ2v) is 5.12. The zero-order valence-electron chi connectivity index (χ0n) is 11.0. The van der Waals surface area contributed by atoms with Gasteiger partial charge < -0.3 is 15.5 Å². The third-order valence-corrected chi connectivity index (χ3v) is 3.57. The Balaban J connectivity index is 1.90. The number of hydrogen-bond acceptors (Lipinski definition) is 3. The summed E-state index contributed by atoms with van der Waals surface area (Å²) in [6.45, 7) is 5.25. The van der Waals surface area contributed by atoms with Gasteiger partial charge in [-0.1, -0.05) is 12.1 Å². The molecule has 0 spiro atoms. The minimum absolute atomic E-state index is 0.0333. The van der Waals surface area contributed by atoms with E-state index >= 15 is 0 Å². The summed E-state index contributed by atoms with van der Waals surface area (Å²) in [6, 6.07) is 6.49. The monoisotopic (exact) mass is 251 g/mol. The lowest BCUT2D eigenvalue weighted by molar-refractivity contribution is 0.261. The molecule has 1 aromatic rings. The fourth-order valence-electron chi connectivity index (χ4n) is 2.38. The molecule has 1 unspecified atom stereocenters. The molecule has 1 aliphatic heterocycles. The normalized spacial score (nSPS) is 20.6. The van der Waals surface area contributed by atoms with E-state index in [1.54, 1.807) is 12.1 Å². The molecule has 1 aromatic carbocycles. The Morgan fingerprint density at radius 2 is 1.89 bits per heavy atom. The molecule has 3 nitrogen and oxygen atoms in total. The molecule has 2 rings (SSSR count). The van der Waals surface area contributed by atoms with E-state index in [9.17, 15) is 4.39 Å². The van der Waals surface area contributed by atoms with E-state index in [1.165, 1.54) is 18.6 Å². The van der Waals surface area contributed by atoms with E-state index in [1.807, 2.05) is 0 Å². The van der Waals surface area contributed by atoms with E-state index in [2.05, 4.69) is 16.8 Å². The van der Waals surface area contributed by atoms with Crippen molar-refractivity contribution in [1.82, 2.24) is 9.80 Å². The van der Waals surface area contributed by atoms with Crippen LogP contribution in [0, 0.1) is 5.82 Å². The Hall–Kier alpha value is -0.970. The molecular weight excluding hydrogens is 229 g/mol. The number of nitrogens with two attached hydrogens (primary N) is 1. The summed E-state index contributed by atoms with van der Waals surface area (Å²) in [6.07, 6.45) is 1.19. The largest absolute Gasteiger partial charge is 0.323 e. The maximum absolute atomic E-state index is 12.8. The summed E-state index contributed by atoms with van der Waals surface area (Å²) >= 11 is 0. The maximum Gasteiger partial charge on any atom is 0.123 e. The van der Waals surface area contributed by atoms with Gasteiger partial charge >= 0.3 is 0 Å². The van der Waals surface area contributed by atoms with Crippen LogP contribution in [-0.2, 0) is 0 Å². The Kier molecular flexibility index (Phi) is 4.69. The molecule has 1 heterocycles. The van der Waals surface area contributed by atoms with Gasteiger partial charge in [-0.05, 0) is 44.3 Å². The summed E-state index contributed by atoms with van der Waals surface area (Å²) in [4.78, 5) is 4.75. The molecule has 4 heteroatoms. The first-order valence-electron chi connectivity index (χ1n) is 6.57. The molecule has 0 saturated carbocycles. The average molecular weight is 251 g/mol. The number of benzene rings is 1. The third kappa shape index (κ3) is 3.77. The van der Waals surface area contributed by atoms with Gasteiger partial charge in [0.15, 0.2) is 0 Å². The highest BCUT2D eigenvalue weighted by Gasteiger charge is 2.15. The summed E-state index contributed by atoms with van der Waals surface area (Å²) in [5, 5.41) is 0. The topological polar surface area (TPSA) is 32.5 Å². The van der Waals surface area contributed by atoms with Crippen LogP contribution in [-0.4, -0.2) is 49.6 Å². The lowest BCUT2D eigenvalue weighted by Gasteiger charge is -2.24. The molecule has 100 valence electrons. The second kappa shape index (κ2) is 6.27. The highest BCUT2D eigenvalue weighted by molar-refractivity contribution is 5.19. The van der Waals surface area contributed by atoms with Crippen LogP contribution in [0.4, 0.5) is 4.39 Å². The van der Waals surface area contributed by atoms with E-state index in [0.29, 0.717) is 0 Å². The highest BCUT2D eigenvalue weighted by Crippen LogP contribution is 2.13. The molecule has 1 aliphatic rings. The summed E-state index contributed by atoms with van der Waals surface area (Å²) in [5.41, 5.74) is 7.19. The van der Waals surface area contributed by atoms with Crippen molar-refractivity contribution in [2.45, 2.75) is 12.5 Å². The van der Waals surface area contributed by atoms with Gasteiger partial charge in [-0.3, -0.25) is 0 Å². The number of rotatable bonds is 3. The van der Waals surface area contributed by atoms with Crippen molar-refractivity contribution in [2.75, 3.05) is 39.8 Å². The van der Waals surface area contributed by atoms with Crippen LogP contribution in [0.2, 0.25) is 0 Å². The van der Waals surface area contributed by atoms with Crippen LogP contribution in [0.15, 0.2) is 24.3 Å². The highest BCUT2D eigenvalue weighted by atomic mass is 19.1. The van der Waals surface area contributed by atoms with E-state index in [4.69, 9.17) is 5.73 Å². The first-order chi connectivity index (χ1) is 8.65. The van der Waals surface area contributed by atoms with Crippen molar-refractivity contribution in [3.8, 4) is 0 Å². The van der Waals surface area contributed by atoms with Gasteiger partial charge in [-0.15, -0.1) is 0 Å². The molecule has 1 fully saturated rings. The number of nitrogens with zero attached hydrogens (tertiary/aromatic N) is 2. The summed E-state index contributed by atoms with van der Waals surface area (Å²) < 4.78 is 12.8. The van der Waals surface area contributed by atoms with Gasteiger partial charge in [-0.25, -0.2) is 4.39 Å². The van der Waals surface area contributed by atoms with Crippen molar-refractivity contribution in [1.29, 1.82) is 0 Å². The van der Waals surface area contributed by atoms with Crippen molar-refractivity contribution < 1.29 is 4.39 Å². The average Bonchev–Trinajstić information content (AvgIpc) is 2.55. The van der Waals surface area contributed by atoms with E-state index in [0.717, 1.165) is 38.3 Å². The molecule has 0 aromatic heterocycles. The van der Waals surface area contributed by atoms with Gasteiger partial charge in [0.05, 0.1) is 0 Å². The lowest BCUT2D eigenvalue weighted by atomic mass is 10.1. The Labute approximate surface area is 108 Å². The molecule has 18 heavy (non-hydrogen) atoms. The molecule has 2 N–H and O–H groups in total. The van der Waals surface area contributed by atoms with Gasteiger partial charge in [0.1, 0.15) is 5.82 Å². The van der Waals surface area contributed by atoms with Gasteiger partial charge in [0.2, 0.25) is 0 Å². The number of hydrogen-bond donors (Lipinski definition) is 1. The van der Waals surface area contributed by atoms with Crippen LogP contribution in [0.5, 0.6) is 0 Å². The Bertz CT molecular complexity index is 366. The number of halogens is 1. The molecular formula is C14H22FN3. The SMILES string of the molecule is CN1CCCN(CC(N)c2ccc(F)cc2)CC1. The minimum Gasteiger partial charge on any atom is -0.323 e. The quantitative estimate of drug-likeness (QED) is 0.883. The third-order valence-electron chi connectivity index (χ3n) is 3.57. The van der Waals surface area contributed by atoms with Gasteiger partial charge in [0, 0.05) is 25.7 Å². The van der Waals surface area contributed by atoms with Crippen LogP contribution >= 0.6 is 0 Å². The molecule has 1 saturated heterocycles. The summed E-state index contributed by atoms with van der Waals surface area (Å²) in [5.74, 6) is -0.206. The van der Waals surface area contributed by atoms with E-state index in [-0.39, 0.29) is 11.9 Å². The smallest absolute Gasteiger partial charge is 0.123 e. The van der Waals surface area contributed by atoms with Crippen molar-refractivity contribution in [3.05, 3.63) is 35.6 Å². The fourth-order valence-corrected chi connectivity index (χ4v) is 2.38. The second-order valence-electron chi connectivity index (χ2n) is 5.12. The van der Waals surface area contributed by atoms with Gasteiger partial charge in [-0.2, -0.15) is 0 Å². The number of likely N-dealkylation sites (N-methyl/N-ethyl adjacent to an activating group) is 1. The summed E-state index contributed by atoms with van der Waals surface area (Å²) in [7, 11) is 2.16. The maximum atomic E-state index is 12.8. The minimum atomic E-state index is -0.206. The predicted molar refractivity (Wildman–Crippen MR) is 71.9 cm³/mol. The molecule has 1 atom stereocenters. The van der Waals surface area contributed by atoms with Crippen molar-refractivity contribution >= 4 is 0 Å². The zero-order valence-corrected chi connectivity index (χ0v) is 11.0. The van der Waals surface area contributed by atoms with Crippen molar-refractivity contribution in [2.24, 2.45) is 5.73 Å². The zero-order chi connectivity index (χ0) is 13.0.